The molecule has 1 heterocycles. The molecule has 1 aliphatic carbocycles. The lowest BCUT2D eigenvalue weighted by atomic mass is 9.97. The van der Waals surface area contributed by atoms with Crippen LogP contribution in [0.1, 0.15) is 13.3 Å². The summed E-state index contributed by atoms with van der Waals surface area (Å²) in [5.41, 5.74) is 2.76. The van der Waals surface area contributed by atoms with Gasteiger partial charge in [0, 0.05) is 24.4 Å². The van der Waals surface area contributed by atoms with E-state index in [1.54, 1.807) is 0 Å². The molecular formula is C8H14N2O2. The van der Waals surface area contributed by atoms with Crippen molar-refractivity contribution in [3.8, 4) is 0 Å². The number of hydrogen-bond donors (Lipinski definition) is 2. The van der Waals surface area contributed by atoms with E-state index < -0.39 is 0 Å². The third-order valence-electron chi connectivity index (χ3n) is 2.78. The second-order valence-electron chi connectivity index (χ2n) is 3.62. The van der Waals surface area contributed by atoms with Crippen LogP contribution in [-0.4, -0.2) is 25.6 Å². The quantitative estimate of drug-likeness (QED) is 0.570. The molecule has 1 saturated carbocycles. The molecule has 68 valence electrons. The van der Waals surface area contributed by atoms with Crippen molar-refractivity contribution in [3.63, 3.8) is 0 Å². The lowest BCUT2D eigenvalue weighted by Gasteiger charge is -2.27. The predicted molar refractivity (Wildman–Crippen MR) is 43.2 cm³/mol. The molecule has 1 atom stereocenters. The van der Waals surface area contributed by atoms with Crippen molar-refractivity contribution in [2.24, 2.45) is 11.3 Å². The average Bonchev–Trinajstić information content (AvgIpc) is 2.73. The largest absolute Gasteiger partial charge is 0.315 e. The van der Waals surface area contributed by atoms with Crippen molar-refractivity contribution in [3.05, 3.63) is 0 Å². The minimum Gasteiger partial charge on any atom is -0.315 e. The van der Waals surface area contributed by atoms with Crippen LogP contribution in [-0.2, 0) is 9.63 Å². The number of hydrogen-bond acceptors (Lipinski definition) is 3. The molecule has 0 aromatic rings. The van der Waals surface area contributed by atoms with Crippen molar-refractivity contribution in [2.45, 2.75) is 13.3 Å². The Balaban J connectivity index is 1.76. The summed E-state index contributed by atoms with van der Waals surface area (Å²) in [7, 11) is 0. The topological polar surface area (TPSA) is 50.4 Å². The molecular weight excluding hydrogens is 156 g/mol. The van der Waals surface area contributed by atoms with Crippen molar-refractivity contribution >= 4 is 5.91 Å². The third kappa shape index (κ3) is 1.11. The summed E-state index contributed by atoms with van der Waals surface area (Å²) >= 11 is 0. The number of carbonyl (C=O) groups excluding carboxylic acids is 1. The maximum Gasteiger partial charge on any atom is 0.247 e. The minimum absolute atomic E-state index is 0.0540. The van der Waals surface area contributed by atoms with Crippen LogP contribution in [0.3, 0.4) is 0 Å². The SMILES string of the molecule is CCONC(=O)C1CC12CNC2. The van der Waals surface area contributed by atoms with Gasteiger partial charge in [-0.2, -0.15) is 0 Å². The van der Waals surface area contributed by atoms with Gasteiger partial charge in [-0.25, -0.2) is 5.48 Å². The first kappa shape index (κ1) is 8.01. The second-order valence-corrected chi connectivity index (χ2v) is 3.62. The highest BCUT2D eigenvalue weighted by Gasteiger charge is 2.61. The van der Waals surface area contributed by atoms with E-state index in [-0.39, 0.29) is 11.8 Å². The Morgan fingerprint density at radius 2 is 2.50 bits per heavy atom. The van der Waals surface area contributed by atoms with Gasteiger partial charge in [-0.3, -0.25) is 9.63 Å². The second kappa shape index (κ2) is 2.71. The summed E-state index contributed by atoms with van der Waals surface area (Å²) in [5, 5.41) is 3.18. The zero-order valence-electron chi connectivity index (χ0n) is 7.22. The molecule has 1 aliphatic heterocycles. The molecule has 2 N–H and O–H groups in total. The predicted octanol–water partition coefficient (Wildman–Crippen LogP) is -0.336. The Bertz CT molecular complexity index is 201. The lowest BCUT2D eigenvalue weighted by Crippen LogP contribution is -2.47. The van der Waals surface area contributed by atoms with Crippen LogP contribution in [0.4, 0.5) is 0 Å². The van der Waals surface area contributed by atoms with E-state index in [0.29, 0.717) is 12.0 Å². The molecule has 1 saturated heterocycles. The van der Waals surface area contributed by atoms with Crippen LogP contribution in [0, 0.1) is 11.3 Å². The molecule has 0 aromatic carbocycles. The Morgan fingerprint density at radius 1 is 1.75 bits per heavy atom. The van der Waals surface area contributed by atoms with Gasteiger partial charge in [-0.1, -0.05) is 0 Å². The van der Waals surface area contributed by atoms with Gasteiger partial charge in [0.1, 0.15) is 0 Å². The summed E-state index contributed by atoms with van der Waals surface area (Å²) in [6.45, 7) is 4.38. The molecule has 1 amide bonds. The molecule has 2 fully saturated rings. The highest BCUT2D eigenvalue weighted by atomic mass is 16.6. The van der Waals surface area contributed by atoms with Gasteiger partial charge in [-0.05, 0) is 13.3 Å². The molecule has 0 radical (unpaired) electrons. The standard InChI is InChI=1S/C8H14N2O2/c1-2-12-10-7(11)6-3-8(6)4-9-5-8/h6,9H,2-5H2,1H3,(H,10,11). The van der Waals surface area contributed by atoms with Crippen LogP contribution in [0.2, 0.25) is 0 Å². The van der Waals surface area contributed by atoms with Crippen molar-refractivity contribution < 1.29 is 9.63 Å². The minimum atomic E-state index is 0.0540. The first-order chi connectivity index (χ1) is 5.78. The Morgan fingerprint density at radius 3 is 2.92 bits per heavy atom. The van der Waals surface area contributed by atoms with Gasteiger partial charge >= 0.3 is 0 Å². The molecule has 2 rings (SSSR count). The van der Waals surface area contributed by atoms with Crippen LogP contribution in [0.25, 0.3) is 0 Å². The average molecular weight is 170 g/mol. The molecule has 4 heteroatoms. The molecule has 12 heavy (non-hydrogen) atoms. The van der Waals surface area contributed by atoms with Gasteiger partial charge in [-0.15, -0.1) is 0 Å². The van der Waals surface area contributed by atoms with E-state index in [0.717, 1.165) is 19.5 Å². The number of amides is 1. The zero-order valence-corrected chi connectivity index (χ0v) is 7.22. The molecule has 1 unspecified atom stereocenters. The fourth-order valence-electron chi connectivity index (χ4n) is 1.77. The Labute approximate surface area is 71.6 Å². The number of carbonyl (C=O) groups is 1. The Hall–Kier alpha value is -0.610. The first-order valence-corrected chi connectivity index (χ1v) is 4.41. The molecule has 4 nitrogen and oxygen atoms in total. The first-order valence-electron chi connectivity index (χ1n) is 4.41. The van der Waals surface area contributed by atoms with Crippen LogP contribution in [0.15, 0.2) is 0 Å². The fraction of sp³-hybridized carbons (Fsp3) is 0.875. The highest BCUT2D eigenvalue weighted by molar-refractivity contribution is 5.82. The summed E-state index contributed by atoms with van der Waals surface area (Å²) in [6.07, 6.45) is 1.03. The van der Waals surface area contributed by atoms with Crippen molar-refractivity contribution in [2.75, 3.05) is 19.7 Å². The van der Waals surface area contributed by atoms with E-state index in [1.807, 2.05) is 6.92 Å². The van der Waals surface area contributed by atoms with Gasteiger partial charge in [0.15, 0.2) is 0 Å². The molecule has 1 spiro atoms. The maximum atomic E-state index is 11.3. The smallest absolute Gasteiger partial charge is 0.247 e. The Kier molecular flexibility index (Phi) is 1.81. The van der Waals surface area contributed by atoms with Gasteiger partial charge < -0.3 is 5.32 Å². The number of hydroxylamine groups is 1. The number of nitrogens with one attached hydrogen (secondary N) is 2. The summed E-state index contributed by atoms with van der Waals surface area (Å²) in [6, 6.07) is 0. The van der Waals surface area contributed by atoms with E-state index in [2.05, 4.69) is 10.8 Å². The molecule has 0 aromatic heterocycles. The van der Waals surface area contributed by atoms with Gasteiger partial charge in [0.2, 0.25) is 5.91 Å². The maximum absolute atomic E-state index is 11.3. The van der Waals surface area contributed by atoms with Gasteiger partial charge in [0.25, 0.3) is 0 Å². The van der Waals surface area contributed by atoms with Crippen LogP contribution < -0.4 is 10.8 Å². The van der Waals surface area contributed by atoms with E-state index in [4.69, 9.17) is 4.84 Å². The molecule has 2 aliphatic rings. The van der Waals surface area contributed by atoms with E-state index in [1.165, 1.54) is 0 Å². The third-order valence-corrected chi connectivity index (χ3v) is 2.78. The van der Waals surface area contributed by atoms with E-state index in [9.17, 15) is 4.79 Å². The fourth-order valence-corrected chi connectivity index (χ4v) is 1.77. The summed E-state index contributed by atoms with van der Waals surface area (Å²) in [4.78, 5) is 16.1. The highest BCUT2D eigenvalue weighted by Crippen LogP contribution is 2.55. The normalized spacial score (nSPS) is 29.6. The summed E-state index contributed by atoms with van der Waals surface area (Å²) < 4.78 is 0. The molecule has 0 bridgehead atoms. The summed E-state index contributed by atoms with van der Waals surface area (Å²) in [5.74, 6) is 0.253. The van der Waals surface area contributed by atoms with Crippen LogP contribution >= 0.6 is 0 Å². The van der Waals surface area contributed by atoms with Crippen LogP contribution in [0.5, 0.6) is 0 Å². The lowest BCUT2D eigenvalue weighted by molar-refractivity contribution is -0.135. The monoisotopic (exact) mass is 170 g/mol. The van der Waals surface area contributed by atoms with Crippen molar-refractivity contribution in [1.29, 1.82) is 0 Å². The van der Waals surface area contributed by atoms with Crippen molar-refractivity contribution in [1.82, 2.24) is 10.8 Å². The van der Waals surface area contributed by atoms with E-state index >= 15 is 0 Å². The van der Waals surface area contributed by atoms with Gasteiger partial charge in [0.05, 0.1) is 6.61 Å². The number of rotatable bonds is 3. The zero-order chi connectivity index (χ0) is 8.60.